The van der Waals surface area contributed by atoms with Crippen molar-refractivity contribution < 1.29 is 18.3 Å². The molecule has 0 aliphatic heterocycles. The first-order valence-corrected chi connectivity index (χ1v) is 8.65. The van der Waals surface area contributed by atoms with Crippen LogP contribution in [0.1, 0.15) is 23.2 Å². The number of carboxylic acid groups (broad SMARTS) is 1. The van der Waals surface area contributed by atoms with E-state index in [1.54, 1.807) is 6.92 Å². The van der Waals surface area contributed by atoms with Crippen molar-refractivity contribution in [3.05, 3.63) is 57.2 Å². The Morgan fingerprint density at radius 1 is 1.33 bits per heavy atom. The van der Waals surface area contributed by atoms with Crippen LogP contribution in [-0.2, 0) is 16.6 Å². The number of nitrogens with one attached hydrogen (secondary N) is 1. The topological polar surface area (TPSA) is 120 Å². The SMILES string of the molecule is CCN(Cc1nc(C(=O)O)cc(=O)[nH]1)S(=O)(=O)c1ccc(Cl)cc1. The summed E-state index contributed by atoms with van der Waals surface area (Å²) in [5.41, 5.74) is -1.12. The van der Waals surface area contributed by atoms with Gasteiger partial charge in [0.05, 0.1) is 11.4 Å². The summed E-state index contributed by atoms with van der Waals surface area (Å²) in [6.07, 6.45) is 0. The average molecular weight is 372 g/mol. The number of rotatable bonds is 6. The van der Waals surface area contributed by atoms with Crippen molar-refractivity contribution in [1.82, 2.24) is 14.3 Å². The smallest absolute Gasteiger partial charge is 0.354 e. The number of hydrogen-bond donors (Lipinski definition) is 2. The fourth-order valence-corrected chi connectivity index (χ4v) is 3.52. The van der Waals surface area contributed by atoms with Crippen LogP contribution in [0, 0.1) is 0 Å². The van der Waals surface area contributed by atoms with Crippen LogP contribution in [0.15, 0.2) is 40.0 Å². The van der Waals surface area contributed by atoms with Gasteiger partial charge in [-0.3, -0.25) is 4.79 Å². The Morgan fingerprint density at radius 2 is 1.96 bits per heavy atom. The van der Waals surface area contributed by atoms with Crippen molar-refractivity contribution >= 4 is 27.6 Å². The van der Waals surface area contributed by atoms with Crippen LogP contribution in [0.5, 0.6) is 0 Å². The highest BCUT2D eigenvalue weighted by molar-refractivity contribution is 7.89. The molecule has 0 saturated carbocycles. The van der Waals surface area contributed by atoms with Crippen LogP contribution in [0.4, 0.5) is 0 Å². The second-order valence-electron chi connectivity index (χ2n) is 4.77. The molecule has 1 aromatic heterocycles. The first-order chi connectivity index (χ1) is 11.2. The molecule has 2 rings (SSSR count). The number of aromatic nitrogens is 2. The van der Waals surface area contributed by atoms with Crippen LogP contribution in [0.25, 0.3) is 0 Å². The third-order valence-corrected chi connectivity index (χ3v) is 5.33. The lowest BCUT2D eigenvalue weighted by atomic mass is 10.4. The lowest BCUT2D eigenvalue weighted by Crippen LogP contribution is -2.32. The zero-order valence-electron chi connectivity index (χ0n) is 12.6. The lowest BCUT2D eigenvalue weighted by molar-refractivity contribution is 0.0689. The average Bonchev–Trinajstić information content (AvgIpc) is 2.52. The van der Waals surface area contributed by atoms with E-state index < -0.39 is 27.2 Å². The van der Waals surface area contributed by atoms with E-state index >= 15 is 0 Å². The maximum atomic E-state index is 12.6. The molecule has 0 amide bonds. The van der Waals surface area contributed by atoms with Gasteiger partial charge in [0.15, 0.2) is 5.69 Å². The van der Waals surface area contributed by atoms with E-state index in [1.807, 2.05) is 0 Å². The maximum absolute atomic E-state index is 12.6. The molecule has 0 bridgehead atoms. The molecule has 2 N–H and O–H groups in total. The van der Waals surface area contributed by atoms with Crippen molar-refractivity contribution in [2.75, 3.05) is 6.54 Å². The van der Waals surface area contributed by atoms with Gasteiger partial charge in [-0.15, -0.1) is 0 Å². The zero-order valence-corrected chi connectivity index (χ0v) is 14.1. The molecule has 1 heterocycles. The van der Waals surface area contributed by atoms with Gasteiger partial charge in [0, 0.05) is 17.6 Å². The lowest BCUT2D eigenvalue weighted by Gasteiger charge is -2.20. The molecule has 2 aromatic rings. The molecule has 0 atom stereocenters. The summed E-state index contributed by atoms with van der Waals surface area (Å²) in [5.74, 6) is -1.43. The summed E-state index contributed by atoms with van der Waals surface area (Å²) in [6, 6.07) is 6.46. The monoisotopic (exact) mass is 371 g/mol. The van der Waals surface area contributed by atoms with Gasteiger partial charge in [-0.25, -0.2) is 18.2 Å². The summed E-state index contributed by atoms with van der Waals surface area (Å²) in [6.45, 7) is 1.45. The summed E-state index contributed by atoms with van der Waals surface area (Å²) >= 11 is 5.76. The Labute approximate surface area is 142 Å². The predicted molar refractivity (Wildman–Crippen MR) is 86.5 cm³/mol. The molecule has 0 aliphatic rings. The Kier molecular flexibility index (Phi) is 5.37. The largest absolute Gasteiger partial charge is 0.477 e. The molecule has 8 nitrogen and oxygen atoms in total. The highest BCUT2D eigenvalue weighted by Gasteiger charge is 2.24. The second kappa shape index (κ2) is 7.12. The van der Waals surface area contributed by atoms with E-state index in [-0.39, 0.29) is 23.8 Å². The summed E-state index contributed by atoms with van der Waals surface area (Å²) in [7, 11) is -3.85. The number of halogens is 1. The van der Waals surface area contributed by atoms with Crippen LogP contribution in [-0.4, -0.2) is 40.3 Å². The molecule has 0 unspecified atom stereocenters. The molecule has 0 saturated heterocycles. The minimum absolute atomic E-state index is 0.0329. The first kappa shape index (κ1) is 18.1. The number of aromatic amines is 1. The number of sulfonamides is 1. The molecular formula is C14H14ClN3O5S. The van der Waals surface area contributed by atoms with Gasteiger partial charge in [-0.05, 0) is 24.3 Å². The standard InChI is InChI=1S/C14H14ClN3O5S/c1-2-18(24(22,23)10-5-3-9(15)4-6-10)8-12-16-11(14(20)21)7-13(19)17-12/h3-7H,2,8H2,1H3,(H,20,21)(H,16,17,19). The number of hydrogen-bond acceptors (Lipinski definition) is 5. The number of H-pyrrole nitrogens is 1. The van der Waals surface area contributed by atoms with Gasteiger partial charge in [0.2, 0.25) is 10.0 Å². The Morgan fingerprint density at radius 3 is 2.50 bits per heavy atom. The van der Waals surface area contributed by atoms with Crippen molar-refractivity contribution in [3.63, 3.8) is 0 Å². The van der Waals surface area contributed by atoms with Gasteiger partial charge in [-0.1, -0.05) is 18.5 Å². The Balaban J connectivity index is 2.37. The number of carbonyl (C=O) groups is 1. The van der Waals surface area contributed by atoms with E-state index in [2.05, 4.69) is 9.97 Å². The highest BCUT2D eigenvalue weighted by Crippen LogP contribution is 2.19. The van der Waals surface area contributed by atoms with Crippen LogP contribution < -0.4 is 5.56 Å². The predicted octanol–water partition coefficient (Wildman–Crippen LogP) is 1.33. The molecular weight excluding hydrogens is 358 g/mol. The molecule has 10 heteroatoms. The normalized spacial score (nSPS) is 11.6. The molecule has 0 fully saturated rings. The van der Waals surface area contributed by atoms with Gasteiger partial charge in [0.25, 0.3) is 5.56 Å². The van der Waals surface area contributed by atoms with Crippen LogP contribution >= 0.6 is 11.6 Å². The van der Waals surface area contributed by atoms with E-state index in [9.17, 15) is 18.0 Å². The van der Waals surface area contributed by atoms with Gasteiger partial charge in [-0.2, -0.15) is 4.31 Å². The molecule has 128 valence electrons. The van der Waals surface area contributed by atoms with Gasteiger partial charge < -0.3 is 10.1 Å². The number of carboxylic acids is 1. The van der Waals surface area contributed by atoms with E-state index in [0.29, 0.717) is 5.02 Å². The van der Waals surface area contributed by atoms with Crippen LogP contribution in [0.2, 0.25) is 5.02 Å². The summed E-state index contributed by atoms with van der Waals surface area (Å²) in [5, 5.41) is 9.33. The van der Waals surface area contributed by atoms with E-state index in [4.69, 9.17) is 16.7 Å². The Bertz CT molecular complexity index is 909. The van der Waals surface area contributed by atoms with E-state index in [1.165, 1.54) is 24.3 Å². The fourth-order valence-electron chi connectivity index (χ4n) is 1.98. The van der Waals surface area contributed by atoms with Gasteiger partial charge >= 0.3 is 5.97 Å². The molecule has 0 aliphatic carbocycles. The zero-order chi connectivity index (χ0) is 17.9. The third-order valence-electron chi connectivity index (χ3n) is 3.14. The van der Waals surface area contributed by atoms with Gasteiger partial charge in [0.1, 0.15) is 5.82 Å². The molecule has 24 heavy (non-hydrogen) atoms. The minimum atomic E-state index is -3.85. The second-order valence-corrected chi connectivity index (χ2v) is 7.14. The van der Waals surface area contributed by atoms with Crippen molar-refractivity contribution in [2.24, 2.45) is 0 Å². The number of aromatic carboxylic acids is 1. The Hall–Kier alpha value is -2.23. The first-order valence-electron chi connectivity index (χ1n) is 6.83. The highest BCUT2D eigenvalue weighted by atomic mass is 35.5. The summed E-state index contributed by atoms with van der Waals surface area (Å²) < 4.78 is 26.3. The van der Waals surface area contributed by atoms with E-state index in [0.717, 1.165) is 10.4 Å². The van der Waals surface area contributed by atoms with Crippen LogP contribution in [0.3, 0.4) is 0 Å². The fraction of sp³-hybridized carbons (Fsp3) is 0.214. The minimum Gasteiger partial charge on any atom is -0.477 e. The van der Waals surface area contributed by atoms with Crippen molar-refractivity contribution in [2.45, 2.75) is 18.4 Å². The molecule has 1 aromatic carbocycles. The summed E-state index contributed by atoms with van der Waals surface area (Å²) in [4.78, 5) is 28.6. The molecule has 0 spiro atoms. The van der Waals surface area contributed by atoms with Crippen molar-refractivity contribution in [1.29, 1.82) is 0 Å². The number of nitrogens with zero attached hydrogens (tertiary/aromatic N) is 2. The van der Waals surface area contributed by atoms with Crippen molar-refractivity contribution in [3.8, 4) is 0 Å². The maximum Gasteiger partial charge on any atom is 0.354 e. The molecule has 0 radical (unpaired) electrons. The number of benzene rings is 1. The third kappa shape index (κ3) is 3.99. The quantitative estimate of drug-likeness (QED) is 0.790.